The van der Waals surface area contributed by atoms with Gasteiger partial charge in [-0.05, 0) is 24.3 Å². The highest BCUT2D eigenvalue weighted by Crippen LogP contribution is 2.28. The zero-order chi connectivity index (χ0) is 13.1. The van der Waals surface area contributed by atoms with Crippen LogP contribution in [0.2, 0.25) is 0 Å². The van der Waals surface area contributed by atoms with E-state index in [4.69, 9.17) is 0 Å². The Morgan fingerprint density at radius 3 is 2.17 bits per heavy atom. The van der Waals surface area contributed by atoms with Gasteiger partial charge in [-0.2, -0.15) is 0 Å². The number of thioether (sulfide) groups is 1. The van der Waals surface area contributed by atoms with Gasteiger partial charge in [-0.3, -0.25) is 0 Å². The van der Waals surface area contributed by atoms with Gasteiger partial charge in [0.05, 0.1) is 0 Å². The van der Waals surface area contributed by atoms with Crippen molar-refractivity contribution in [1.29, 1.82) is 0 Å². The molecular formula is C16H26OS. The molecule has 18 heavy (non-hydrogen) atoms. The molecule has 0 saturated carbocycles. The van der Waals surface area contributed by atoms with Crippen molar-refractivity contribution < 1.29 is 5.11 Å². The summed E-state index contributed by atoms with van der Waals surface area (Å²) >= 11 is 1.77. The number of aromatic hydroxyl groups is 1. The molecule has 0 bridgehead atoms. The second-order valence-corrected chi connectivity index (χ2v) is 5.93. The molecule has 0 spiro atoms. The van der Waals surface area contributed by atoms with Gasteiger partial charge in [-0.15, -0.1) is 11.8 Å². The first-order valence-corrected chi connectivity index (χ1v) is 8.24. The van der Waals surface area contributed by atoms with E-state index in [0.717, 1.165) is 10.6 Å². The number of phenols is 1. The van der Waals surface area contributed by atoms with E-state index in [-0.39, 0.29) is 0 Å². The van der Waals surface area contributed by atoms with Crippen molar-refractivity contribution in [2.75, 3.05) is 5.75 Å². The lowest BCUT2D eigenvalue weighted by atomic mass is 10.1. The SMILES string of the molecule is CCCCCCCCCCSc1ccccc1O. The van der Waals surface area contributed by atoms with Gasteiger partial charge >= 0.3 is 0 Å². The molecular weight excluding hydrogens is 240 g/mol. The van der Waals surface area contributed by atoms with E-state index >= 15 is 0 Å². The number of benzene rings is 1. The van der Waals surface area contributed by atoms with Crippen LogP contribution in [0, 0.1) is 0 Å². The summed E-state index contributed by atoms with van der Waals surface area (Å²) in [6.07, 6.45) is 10.9. The number of hydrogen-bond acceptors (Lipinski definition) is 2. The van der Waals surface area contributed by atoms with E-state index in [2.05, 4.69) is 6.92 Å². The molecule has 0 aliphatic rings. The fourth-order valence-electron chi connectivity index (χ4n) is 2.00. The van der Waals surface area contributed by atoms with Gasteiger partial charge in [0.1, 0.15) is 5.75 Å². The van der Waals surface area contributed by atoms with Crippen LogP contribution in [0.4, 0.5) is 0 Å². The summed E-state index contributed by atoms with van der Waals surface area (Å²) in [5, 5.41) is 9.61. The molecule has 1 nitrogen and oxygen atoms in total. The fourth-order valence-corrected chi connectivity index (χ4v) is 2.96. The maximum absolute atomic E-state index is 9.61. The van der Waals surface area contributed by atoms with Crippen LogP contribution >= 0.6 is 11.8 Å². The van der Waals surface area contributed by atoms with E-state index in [1.165, 1.54) is 51.4 Å². The highest BCUT2D eigenvalue weighted by molar-refractivity contribution is 7.99. The quantitative estimate of drug-likeness (QED) is 0.438. The maximum atomic E-state index is 9.61. The lowest BCUT2D eigenvalue weighted by Crippen LogP contribution is -1.83. The average molecular weight is 266 g/mol. The van der Waals surface area contributed by atoms with Gasteiger partial charge in [-0.1, -0.05) is 64.0 Å². The summed E-state index contributed by atoms with van der Waals surface area (Å²) in [5.41, 5.74) is 0. The topological polar surface area (TPSA) is 20.2 Å². The second-order valence-electron chi connectivity index (χ2n) is 4.79. The van der Waals surface area contributed by atoms with Crippen LogP contribution in [0.25, 0.3) is 0 Å². The molecule has 0 atom stereocenters. The van der Waals surface area contributed by atoms with Crippen molar-refractivity contribution in [3.63, 3.8) is 0 Å². The summed E-state index contributed by atoms with van der Waals surface area (Å²) in [5.74, 6) is 1.54. The van der Waals surface area contributed by atoms with Gasteiger partial charge in [0.25, 0.3) is 0 Å². The van der Waals surface area contributed by atoms with E-state index in [0.29, 0.717) is 5.75 Å². The van der Waals surface area contributed by atoms with Crippen molar-refractivity contribution in [1.82, 2.24) is 0 Å². The Balaban J connectivity index is 1.94. The zero-order valence-corrected chi connectivity index (χ0v) is 12.3. The number of para-hydroxylation sites is 1. The molecule has 0 aliphatic carbocycles. The van der Waals surface area contributed by atoms with Crippen LogP contribution in [0.3, 0.4) is 0 Å². The van der Waals surface area contributed by atoms with Gasteiger partial charge in [-0.25, -0.2) is 0 Å². The molecule has 0 amide bonds. The van der Waals surface area contributed by atoms with E-state index in [9.17, 15) is 5.11 Å². The predicted molar refractivity (Wildman–Crippen MR) is 81.4 cm³/mol. The highest BCUT2D eigenvalue weighted by Gasteiger charge is 1.99. The standard InChI is InChI=1S/C16H26OS/c1-2-3-4-5-6-7-8-11-14-18-16-13-10-9-12-15(16)17/h9-10,12-13,17H,2-8,11,14H2,1H3. The summed E-state index contributed by atoms with van der Waals surface area (Å²) in [6, 6.07) is 7.60. The minimum atomic E-state index is 0.419. The molecule has 0 aromatic heterocycles. The van der Waals surface area contributed by atoms with Crippen LogP contribution in [0.15, 0.2) is 29.2 Å². The summed E-state index contributed by atoms with van der Waals surface area (Å²) < 4.78 is 0. The molecule has 0 radical (unpaired) electrons. The first-order valence-electron chi connectivity index (χ1n) is 7.25. The molecule has 102 valence electrons. The Hall–Kier alpha value is -0.630. The molecule has 2 heteroatoms. The van der Waals surface area contributed by atoms with Gasteiger partial charge < -0.3 is 5.11 Å². The zero-order valence-electron chi connectivity index (χ0n) is 11.5. The Morgan fingerprint density at radius 1 is 0.889 bits per heavy atom. The normalized spacial score (nSPS) is 10.7. The molecule has 0 fully saturated rings. The van der Waals surface area contributed by atoms with E-state index < -0.39 is 0 Å². The van der Waals surface area contributed by atoms with Crippen molar-refractivity contribution in [2.45, 2.75) is 63.2 Å². The Labute approximate surface area is 116 Å². The molecule has 0 aliphatic heterocycles. The Bertz CT molecular complexity index is 312. The van der Waals surface area contributed by atoms with Crippen molar-refractivity contribution in [3.05, 3.63) is 24.3 Å². The fraction of sp³-hybridized carbons (Fsp3) is 0.625. The maximum Gasteiger partial charge on any atom is 0.129 e. The third-order valence-corrected chi connectivity index (χ3v) is 4.27. The molecule has 1 aromatic rings. The van der Waals surface area contributed by atoms with E-state index in [1.54, 1.807) is 17.8 Å². The van der Waals surface area contributed by atoms with Crippen LogP contribution in [0.1, 0.15) is 58.3 Å². The third-order valence-electron chi connectivity index (χ3n) is 3.12. The minimum absolute atomic E-state index is 0.419. The molecule has 1 N–H and O–H groups in total. The van der Waals surface area contributed by atoms with Crippen LogP contribution < -0.4 is 0 Å². The van der Waals surface area contributed by atoms with Gasteiger partial charge in [0.2, 0.25) is 0 Å². The number of hydrogen-bond donors (Lipinski definition) is 1. The third kappa shape index (κ3) is 6.95. The van der Waals surface area contributed by atoms with Crippen molar-refractivity contribution in [3.8, 4) is 5.75 Å². The lowest BCUT2D eigenvalue weighted by Gasteiger charge is -2.04. The van der Waals surface area contributed by atoms with Crippen molar-refractivity contribution >= 4 is 11.8 Å². The minimum Gasteiger partial charge on any atom is -0.507 e. The van der Waals surface area contributed by atoms with Crippen molar-refractivity contribution in [2.24, 2.45) is 0 Å². The first-order chi connectivity index (χ1) is 8.84. The van der Waals surface area contributed by atoms with Crippen LogP contribution in [-0.2, 0) is 0 Å². The summed E-state index contributed by atoms with van der Waals surface area (Å²) in [6.45, 7) is 2.26. The lowest BCUT2D eigenvalue weighted by molar-refractivity contribution is 0.462. The first kappa shape index (κ1) is 15.4. The number of unbranched alkanes of at least 4 members (excludes halogenated alkanes) is 7. The van der Waals surface area contributed by atoms with E-state index in [1.807, 2.05) is 18.2 Å². The number of phenolic OH excluding ortho intramolecular Hbond substituents is 1. The predicted octanol–water partition coefficient (Wildman–Crippen LogP) is 5.63. The van der Waals surface area contributed by atoms with Gasteiger partial charge in [0.15, 0.2) is 0 Å². The average Bonchev–Trinajstić information content (AvgIpc) is 2.39. The summed E-state index contributed by atoms with van der Waals surface area (Å²) in [4.78, 5) is 1.01. The Morgan fingerprint density at radius 2 is 1.50 bits per heavy atom. The van der Waals surface area contributed by atoms with Gasteiger partial charge in [0, 0.05) is 4.90 Å². The van der Waals surface area contributed by atoms with Crippen LogP contribution in [0.5, 0.6) is 5.75 Å². The molecule has 0 unspecified atom stereocenters. The molecule has 0 heterocycles. The Kier molecular flexibility index (Phi) is 8.83. The molecule has 1 aromatic carbocycles. The summed E-state index contributed by atoms with van der Waals surface area (Å²) in [7, 11) is 0. The largest absolute Gasteiger partial charge is 0.507 e. The monoisotopic (exact) mass is 266 g/mol. The smallest absolute Gasteiger partial charge is 0.129 e. The molecule has 1 rings (SSSR count). The number of rotatable bonds is 10. The molecule has 0 saturated heterocycles. The second kappa shape index (κ2) is 10.3. The van der Waals surface area contributed by atoms with Crippen LogP contribution in [-0.4, -0.2) is 10.9 Å². The highest BCUT2D eigenvalue weighted by atomic mass is 32.2.